The van der Waals surface area contributed by atoms with Gasteiger partial charge < -0.3 is 16.0 Å². The van der Waals surface area contributed by atoms with Crippen LogP contribution in [0.1, 0.15) is 32.1 Å². The Hall–Kier alpha value is -1.30. The fraction of sp³-hybridized carbons (Fsp3) is 0.529. The second-order valence-corrected chi connectivity index (χ2v) is 7.48. The maximum absolute atomic E-state index is 12.7. The van der Waals surface area contributed by atoms with Gasteiger partial charge in [-0.25, -0.2) is 0 Å². The van der Waals surface area contributed by atoms with E-state index >= 15 is 0 Å². The van der Waals surface area contributed by atoms with Crippen LogP contribution in [0.15, 0.2) is 18.2 Å². The van der Waals surface area contributed by atoms with E-state index in [2.05, 4.69) is 5.32 Å². The van der Waals surface area contributed by atoms with Gasteiger partial charge in [0.2, 0.25) is 11.8 Å². The van der Waals surface area contributed by atoms with Crippen LogP contribution in [-0.2, 0) is 9.59 Å². The van der Waals surface area contributed by atoms with Crippen LogP contribution in [0, 0.1) is 5.92 Å². The molecule has 1 heterocycles. The number of carbonyl (C=O) groups is 2. The second kappa shape index (κ2) is 7.30. The Kier molecular flexibility index (Phi) is 5.33. The van der Waals surface area contributed by atoms with Gasteiger partial charge in [-0.3, -0.25) is 9.59 Å². The first kappa shape index (κ1) is 17.5. The van der Waals surface area contributed by atoms with Crippen molar-refractivity contribution in [3.63, 3.8) is 0 Å². The van der Waals surface area contributed by atoms with Gasteiger partial charge in [0.15, 0.2) is 0 Å². The summed E-state index contributed by atoms with van der Waals surface area (Å²) in [5.74, 6) is -0.180. The van der Waals surface area contributed by atoms with E-state index in [1.54, 1.807) is 23.1 Å². The summed E-state index contributed by atoms with van der Waals surface area (Å²) in [7, 11) is 0. The molecule has 3 atom stereocenters. The minimum absolute atomic E-state index is 0.0472. The zero-order valence-corrected chi connectivity index (χ0v) is 14.8. The van der Waals surface area contributed by atoms with Crippen LogP contribution >= 0.6 is 23.2 Å². The fourth-order valence-corrected chi connectivity index (χ4v) is 4.16. The number of carbonyl (C=O) groups excluding carboxylic acids is 2. The summed E-state index contributed by atoms with van der Waals surface area (Å²) in [5, 5.41) is 3.73. The number of anilines is 1. The van der Waals surface area contributed by atoms with E-state index in [0.29, 0.717) is 35.1 Å². The third kappa shape index (κ3) is 3.85. The number of rotatable bonds is 3. The van der Waals surface area contributed by atoms with Crippen LogP contribution in [0.4, 0.5) is 5.69 Å². The van der Waals surface area contributed by atoms with E-state index in [1.165, 1.54) is 0 Å². The molecule has 1 aliphatic carbocycles. The zero-order valence-electron chi connectivity index (χ0n) is 13.3. The number of amides is 2. The molecule has 3 N–H and O–H groups in total. The molecule has 0 aromatic heterocycles. The largest absolute Gasteiger partial charge is 0.330 e. The van der Waals surface area contributed by atoms with Crippen molar-refractivity contribution >= 4 is 40.7 Å². The highest BCUT2D eigenvalue weighted by molar-refractivity contribution is 6.35. The molecule has 7 heteroatoms. The molecule has 130 valence electrons. The first-order valence-electron chi connectivity index (χ1n) is 8.27. The molecule has 5 nitrogen and oxygen atoms in total. The summed E-state index contributed by atoms with van der Waals surface area (Å²) < 4.78 is 0. The Labute approximate surface area is 151 Å². The normalized spacial score (nSPS) is 26.6. The van der Waals surface area contributed by atoms with E-state index in [0.717, 1.165) is 19.3 Å². The highest BCUT2D eigenvalue weighted by Gasteiger charge is 2.39. The molecule has 2 aliphatic rings. The molecule has 3 unspecified atom stereocenters. The monoisotopic (exact) mass is 369 g/mol. The molecule has 0 radical (unpaired) electrons. The maximum atomic E-state index is 12.7. The Morgan fingerprint density at radius 3 is 2.46 bits per heavy atom. The van der Waals surface area contributed by atoms with Crippen molar-refractivity contribution in [2.75, 3.05) is 11.9 Å². The minimum Gasteiger partial charge on any atom is -0.330 e. The van der Waals surface area contributed by atoms with Gasteiger partial charge in [-0.1, -0.05) is 23.2 Å². The molecular formula is C17H21Cl2N3O2. The number of hydrogen-bond acceptors (Lipinski definition) is 3. The zero-order chi connectivity index (χ0) is 17.3. The van der Waals surface area contributed by atoms with Crippen molar-refractivity contribution in [1.29, 1.82) is 0 Å². The van der Waals surface area contributed by atoms with Crippen molar-refractivity contribution in [3.8, 4) is 0 Å². The number of halogens is 2. The van der Waals surface area contributed by atoms with Gasteiger partial charge in [-0.15, -0.1) is 0 Å². The summed E-state index contributed by atoms with van der Waals surface area (Å²) in [6.07, 6.45) is 3.91. The lowest BCUT2D eigenvalue weighted by molar-refractivity contribution is -0.140. The Morgan fingerprint density at radius 2 is 1.83 bits per heavy atom. The highest BCUT2D eigenvalue weighted by atomic mass is 35.5. The Balaban J connectivity index is 1.68. The molecule has 24 heavy (non-hydrogen) atoms. The van der Waals surface area contributed by atoms with Crippen molar-refractivity contribution in [2.45, 2.75) is 44.2 Å². The number of likely N-dealkylation sites (tertiary alicyclic amines) is 1. The lowest BCUT2D eigenvalue weighted by Crippen LogP contribution is -2.45. The molecular weight excluding hydrogens is 349 g/mol. The predicted molar refractivity (Wildman–Crippen MR) is 95.1 cm³/mol. The highest BCUT2D eigenvalue weighted by Crippen LogP contribution is 2.30. The average molecular weight is 370 g/mol. The summed E-state index contributed by atoms with van der Waals surface area (Å²) in [5.41, 5.74) is 6.45. The van der Waals surface area contributed by atoms with Gasteiger partial charge >= 0.3 is 0 Å². The van der Waals surface area contributed by atoms with Crippen molar-refractivity contribution in [1.82, 2.24) is 4.90 Å². The lowest BCUT2D eigenvalue weighted by Gasteiger charge is -2.26. The minimum atomic E-state index is -0.438. The van der Waals surface area contributed by atoms with Crippen LogP contribution < -0.4 is 11.1 Å². The van der Waals surface area contributed by atoms with E-state index in [-0.39, 0.29) is 23.8 Å². The number of nitrogens with two attached hydrogens (primary N) is 1. The van der Waals surface area contributed by atoms with Crippen LogP contribution in [0.5, 0.6) is 0 Å². The van der Waals surface area contributed by atoms with Gasteiger partial charge in [0.1, 0.15) is 6.04 Å². The number of nitrogens with zero attached hydrogens (tertiary/aromatic N) is 1. The van der Waals surface area contributed by atoms with Gasteiger partial charge in [-0.2, -0.15) is 0 Å². The summed E-state index contributed by atoms with van der Waals surface area (Å²) in [6, 6.07) is 4.55. The lowest BCUT2D eigenvalue weighted by atomic mass is 10.1. The molecule has 1 aromatic carbocycles. The molecule has 2 fully saturated rings. The van der Waals surface area contributed by atoms with Crippen molar-refractivity contribution < 1.29 is 9.59 Å². The molecule has 1 saturated carbocycles. The maximum Gasteiger partial charge on any atom is 0.247 e. The number of nitrogens with one attached hydrogen (secondary N) is 1. The summed E-state index contributed by atoms with van der Waals surface area (Å²) >= 11 is 11.9. The molecule has 3 rings (SSSR count). The van der Waals surface area contributed by atoms with E-state index in [4.69, 9.17) is 28.9 Å². The molecule has 1 aromatic rings. The second-order valence-electron chi connectivity index (χ2n) is 6.61. The molecule has 1 aliphatic heterocycles. The van der Waals surface area contributed by atoms with Crippen molar-refractivity contribution in [3.05, 3.63) is 28.2 Å². The quantitative estimate of drug-likeness (QED) is 0.859. The topological polar surface area (TPSA) is 75.4 Å². The molecule has 0 spiro atoms. The SMILES string of the molecule is NC1CCC(C(=O)N2CCCC2C(=O)Nc2cc(Cl)cc(Cl)c2)C1. The van der Waals surface area contributed by atoms with E-state index in [9.17, 15) is 9.59 Å². The summed E-state index contributed by atoms with van der Waals surface area (Å²) in [6.45, 7) is 0.624. The number of hydrogen-bond donors (Lipinski definition) is 2. The van der Waals surface area contributed by atoms with Gasteiger partial charge in [0, 0.05) is 34.2 Å². The van der Waals surface area contributed by atoms with Gasteiger partial charge in [0.25, 0.3) is 0 Å². The smallest absolute Gasteiger partial charge is 0.247 e. The van der Waals surface area contributed by atoms with E-state index < -0.39 is 6.04 Å². The third-order valence-corrected chi connectivity index (χ3v) is 5.23. The van der Waals surface area contributed by atoms with Crippen LogP contribution in [0.2, 0.25) is 10.0 Å². The average Bonchev–Trinajstić information content (AvgIpc) is 3.14. The van der Waals surface area contributed by atoms with Crippen LogP contribution in [0.25, 0.3) is 0 Å². The Morgan fingerprint density at radius 1 is 1.12 bits per heavy atom. The predicted octanol–water partition coefficient (Wildman–Crippen LogP) is 3.05. The molecule has 1 saturated heterocycles. The van der Waals surface area contributed by atoms with Gasteiger partial charge in [0.05, 0.1) is 0 Å². The van der Waals surface area contributed by atoms with Crippen molar-refractivity contribution in [2.24, 2.45) is 11.7 Å². The first-order valence-corrected chi connectivity index (χ1v) is 9.02. The Bertz CT molecular complexity index is 632. The third-order valence-electron chi connectivity index (χ3n) is 4.79. The van der Waals surface area contributed by atoms with Crippen LogP contribution in [0.3, 0.4) is 0 Å². The number of benzene rings is 1. The fourth-order valence-electron chi connectivity index (χ4n) is 3.63. The van der Waals surface area contributed by atoms with E-state index in [1.807, 2.05) is 0 Å². The molecule has 0 bridgehead atoms. The van der Waals surface area contributed by atoms with Gasteiger partial charge in [-0.05, 0) is 50.3 Å². The summed E-state index contributed by atoms with van der Waals surface area (Å²) in [4.78, 5) is 27.0. The molecule has 2 amide bonds. The first-order chi connectivity index (χ1) is 11.4. The standard InChI is InChI=1S/C17H21Cl2N3O2/c18-11-7-12(19)9-14(8-11)21-16(23)15-2-1-5-22(15)17(24)10-3-4-13(20)6-10/h7-10,13,15H,1-6,20H2,(H,21,23). The van der Waals surface area contributed by atoms with Crippen LogP contribution in [-0.4, -0.2) is 35.3 Å².